The van der Waals surface area contributed by atoms with E-state index in [4.69, 9.17) is 0 Å². The molecule has 0 unspecified atom stereocenters. The van der Waals surface area contributed by atoms with Crippen molar-refractivity contribution in [2.75, 3.05) is 4.90 Å². The molecule has 0 spiro atoms. The zero-order chi connectivity index (χ0) is 27.6. The molecule has 0 N–H and O–H groups in total. The average molecular weight is 508 g/mol. The van der Waals surface area contributed by atoms with E-state index in [2.05, 4.69) is 142 Å². The molecule has 0 radical (unpaired) electrons. The Hall–Kier alpha value is -4.36. The molecule has 0 amide bonds. The normalized spacial score (nSPS) is 12.9. The Labute approximate surface area is 233 Å². The summed E-state index contributed by atoms with van der Waals surface area (Å²) < 4.78 is 0. The summed E-state index contributed by atoms with van der Waals surface area (Å²) in [5, 5.41) is 2.51. The first-order valence-electron chi connectivity index (χ1n) is 13.7. The molecule has 0 heterocycles. The topological polar surface area (TPSA) is 3.24 Å². The Kier molecular flexibility index (Phi) is 7.26. The van der Waals surface area contributed by atoms with Crippen LogP contribution in [-0.2, 0) is 5.41 Å². The maximum absolute atomic E-state index is 3.46. The lowest BCUT2D eigenvalue weighted by Gasteiger charge is -2.29. The van der Waals surface area contributed by atoms with E-state index in [0.717, 1.165) is 0 Å². The summed E-state index contributed by atoms with van der Waals surface area (Å²) in [7, 11) is 0. The van der Waals surface area contributed by atoms with Crippen LogP contribution in [0.25, 0.3) is 21.9 Å². The first-order valence-corrected chi connectivity index (χ1v) is 13.7. The van der Waals surface area contributed by atoms with Crippen LogP contribution in [0.1, 0.15) is 43.0 Å². The van der Waals surface area contributed by atoms with Gasteiger partial charge in [0.2, 0.25) is 0 Å². The van der Waals surface area contributed by atoms with Crippen molar-refractivity contribution in [1.29, 1.82) is 0 Å². The van der Waals surface area contributed by atoms with Gasteiger partial charge in [-0.3, -0.25) is 0 Å². The van der Waals surface area contributed by atoms with E-state index in [1.54, 1.807) is 6.08 Å². The van der Waals surface area contributed by atoms with Crippen LogP contribution in [0.3, 0.4) is 0 Å². The molecule has 6 rings (SSSR count). The first-order chi connectivity index (χ1) is 18.8. The summed E-state index contributed by atoms with van der Waals surface area (Å²) in [5.41, 5.74) is 11.6. The van der Waals surface area contributed by atoms with Crippen LogP contribution in [0.2, 0.25) is 0 Å². The van der Waals surface area contributed by atoms with Gasteiger partial charge in [0.1, 0.15) is 0 Å². The van der Waals surface area contributed by atoms with Crippen LogP contribution in [0.15, 0.2) is 128 Å². The minimum atomic E-state index is -0.0373. The fourth-order valence-electron chi connectivity index (χ4n) is 5.64. The van der Waals surface area contributed by atoms with E-state index in [1.165, 1.54) is 61.2 Å². The predicted molar refractivity (Wildman–Crippen MR) is 171 cm³/mol. The van der Waals surface area contributed by atoms with Gasteiger partial charge in [0, 0.05) is 22.2 Å². The van der Waals surface area contributed by atoms with Crippen molar-refractivity contribution >= 4 is 27.8 Å². The summed E-state index contributed by atoms with van der Waals surface area (Å²) in [6, 6.07) is 38.0. The highest BCUT2D eigenvalue weighted by atomic mass is 15.1. The van der Waals surface area contributed by atoms with Crippen molar-refractivity contribution in [3.05, 3.63) is 150 Å². The summed E-state index contributed by atoms with van der Waals surface area (Å²) in [6.07, 6.45) is 5.58. The van der Waals surface area contributed by atoms with Gasteiger partial charge in [-0.05, 0) is 78.7 Å². The van der Waals surface area contributed by atoms with Gasteiger partial charge in [-0.2, -0.15) is 0 Å². The fourth-order valence-corrected chi connectivity index (χ4v) is 5.64. The SMILES string of the molecule is C=C/C=C\C.Cc1ccc(N(c2ccc3c(c2)C(C)(C)c2cc(C)ccc2-3)c2cccc3ccccc23)cc1. The average Bonchev–Trinajstić information content (AvgIpc) is 3.16. The highest BCUT2D eigenvalue weighted by molar-refractivity contribution is 5.99. The maximum atomic E-state index is 3.46. The van der Waals surface area contributed by atoms with Crippen LogP contribution in [0.5, 0.6) is 0 Å². The monoisotopic (exact) mass is 507 g/mol. The number of hydrogen-bond donors (Lipinski definition) is 0. The highest BCUT2D eigenvalue weighted by Crippen LogP contribution is 2.51. The van der Waals surface area contributed by atoms with Crippen LogP contribution in [-0.4, -0.2) is 0 Å². The minimum absolute atomic E-state index is 0.0373. The summed E-state index contributed by atoms with van der Waals surface area (Å²) in [4.78, 5) is 2.41. The lowest BCUT2D eigenvalue weighted by Crippen LogP contribution is -2.16. The smallest absolute Gasteiger partial charge is 0.0540 e. The van der Waals surface area contributed by atoms with Gasteiger partial charge in [0.15, 0.2) is 0 Å². The second-order valence-electron chi connectivity index (χ2n) is 10.8. The van der Waals surface area contributed by atoms with Gasteiger partial charge in [-0.15, -0.1) is 0 Å². The molecule has 194 valence electrons. The number of rotatable bonds is 4. The minimum Gasteiger partial charge on any atom is -0.310 e. The molecule has 1 nitrogen and oxygen atoms in total. The van der Waals surface area contributed by atoms with Gasteiger partial charge >= 0.3 is 0 Å². The number of allylic oxidation sites excluding steroid dienone is 3. The van der Waals surface area contributed by atoms with Gasteiger partial charge in [0.25, 0.3) is 0 Å². The van der Waals surface area contributed by atoms with Crippen molar-refractivity contribution in [1.82, 2.24) is 0 Å². The van der Waals surface area contributed by atoms with Crippen molar-refractivity contribution in [3.8, 4) is 11.1 Å². The molecular formula is C38H37N. The predicted octanol–water partition coefficient (Wildman–Crippen LogP) is 11.0. The Morgan fingerprint density at radius 2 is 1.28 bits per heavy atom. The molecule has 1 aliphatic rings. The van der Waals surface area contributed by atoms with Crippen LogP contribution in [0.4, 0.5) is 17.1 Å². The van der Waals surface area contributed by atoms with E-state index in [1.807, 2.05) is 19.1 Å². The lowest BCUT2D eigenvalue weighted by molar-refractivity contribution is 0.660. The van der Waals surface area contributed by atoms with E-state index < -0.39 is 0 Å². The summed E-state index contributed by atoms with van der Waals surface area (Å²) in [5.74, 6) is 0. The molecule has 1 heteroatoms. The molecule has 39 heavy (non-hydrogen) atoms. The van der Waals surface area contributed by atoms with Gasteiger partial charge in [-0.1, -0.05) is 123 Å². The Morgan fingerprint density at radius 1 is 0.667 bits per heavy atom. The molecule has 0 atom stereocenters. The van der Waals surface area contributed by atoms with Crippen LogP contribution >= 0.6 is 0 Å². The third-order valence-electron chi connectivity index (χ3n) is 7.70. The third kappa shape index (κ3) is 4.93. The van der Waals surface area contributed by atoms with E-state index in [9.17, 15) is 0 Å². The number of nitrogens with zero attached hydrogens (tertiary/aromatic N) is 1. The second-order valence-corrected chi connectivity index (χ2v) is 10.8. The van der Waals surface area contributed by atoms with Gasteiger partial charge < -0.3 is 4.90 Å². The third-order valence-corrected chi connectivity index (χ3v) is 7.70. The molecule has 0 fully saturated rings. The van der Waals surface area contributed by atoms with E-state index in [0.29, 0.717) is 0 Å². The van der Waals surface area contributed by atoms with Crippen molar-refractivity contribution in [2.45, 2.75) is 40.0 Å². The van der Waals surface area contributed by atoms with Crippen molar-refractivity contribution in [2.24, 2.45) is 0 Å². The summed E-state index contributed by atoms with van der Waals surface area (Å²) in [6.45, 7) is 14.5. The number of anilines is 3. The summed E-state index contributed by atoms with van der Waals surface area (Å²) >= 11 is 0. The highest BCUT2D eigenvalue weighted by Gasteiger charge is 2.36. The standard InChI is InChI=1S/C33H29N.C5H8/c1-22-12-15-25(16-13-22)34(32-11-7-9-24-8-5-6-10-27(24)32)26-17-19-29-28-18-14-23(2)20-30(28)33(3,4)31(29)21-26;1-3-5-4-2/h5-21H,1-4H3;3-5H,1H2,2H3/b;5-4-. The van der Waals surface area contributed by atoms with E-state index in [-0.39, 0.29) is 5.41 Å². The van der Waals surface area contributed by atoms with Crippen LogP contribution in [0, 0.1) is 13.8 Å². The molecular weight excluding hydrogens is 470 g/mol. The second kappa shape index (κ2) is 10.8. The number of aryl methyl sites for hydroxylation is 2. The Balaban J connectivity index is 0.000000567. The van der Waals surface area contributed by atoms with Gasteiger partial charge in [-0.25, -0.2) is 0 Å². The molecule has 0 aliphatic heterocycles. The Morgan fingerprint density at radius 3 is 1.97 bits per heavy atom. The quantitative estimate of drug-likeness (QED) is 0.219. The molecule has 1 aliphatic carbocycles. The lowest BCUT2D eigenvalue weighted by atomic mass is 9.82. The number of benzene rings is 5. The van der Waals surface area contributed by atoms with E-state index >= 15 is 0 Å². The zero-order valence-corrected chi connectivity index (χ0v) is 23.7. The van der Waals surface area contributed by atoms with Crippen molar-refractivity contribution in [3.63, 3.8) is 0 Å². The largest absolute Gasteiger partial charge is 0.310 e. The number of hydrogen-bond acceptors (Lipinski definition) is 1. The van der Waals surface area contributed by atoms with Crippen molar-refractivity contribution < 1.29 is 0 Å². The maximum Gasteiger partial charge on any atom is 0.0540 e. The fraction of sp³-hybridized carbons (Fsp3) is 0.158. The first kappa shape index (κ1) is 26.3. The molecule has 0 aromatic heterocycles. The molecule has 0 saturated carbocycles. The molecule has 5 aromatic rings. The molecule has 0 saturated heterocycles. The molecule has 0 bridgehead atoms. The zero-order valence-electron chi connectivity index (χ0n) is 23.7. The Bertz CT molecular complexity index is 1660. The molecule has 5 aromatic carbocycles. The number of fused-ring (bicyclic) bond motifs is 4. The van der Waals surface area contributed by atoms with Gasteiger partial charge in [0.05, 0.1) is 5.69 Å². The van der Waals surface area contributed by atoms with Crippen LogP contribution < -0.4 is 4.90 Å².